The van der Waals surface area contributed by atoms with Crippen LogP contribution in [0.1, 0.15) is 38.4 Å². The molecule has 0 saturated carbocycles. The first-order chi connectivity index (χ1) is 13.1. The predicted octanol–water partition coefficient (Wildman–Crippen LogP) is 4.42. The average molecular weight is 381 g/mol. The van der Waals surface area contributed by atoms with E-state index in [9.17, 15) is 9.59 Å². The molecule has 0 aliphatic heterocycles. The minimum Gasteiger partial charge on any atom is -0.465 e. The predicted molar refractivity (Wildman–Crippen MR) is 105 cm³/mol. The van der Waals surface area contributed by atoms with E-state index < -0.39 is 5.97 Å². The number of benzene rings is 2. The lowest BCUT2D eigenvalue weighted by Gasteiger charge is -2.11. The van der Waals surface area contributed by atoms with Crippen molar-refractivity contribution in [2.24, 2.45) is 0 Å². The van der Waals surface area contributed by atoms with Crippen LogP contribution in [0.5, 0.6) is 0 Å². The first-order valence-electron chi connectivity index (χ1n) is 8.68. The quantitative estimate of drug-likeness (QED) is 0.683. The van der Waals surface area contributed by atoms with Crippen molar-refractivity contribution in [3.8, 4) is 0 Å². The van der Waals surface area contributed by atoms with Crippen LogP contribution < -0.4 is 5.32 Å². The highest BCUT2D eigenvalue weighted by molar-refractivity contribution is 6.36. The molecule has 1 amide bonds. The van der Waals surface area contributed by atoms with Crippen LogP contribution in [-0.2, 0) is 17.6 Å². The second-order valence-electron chi connectivity index (χ2n) is 6.43. The van der Waals surface area contributed by atoms with Crippen LogP contribution >= 0.6 is 11.6 Å². The maximum Gasteiger partial charge on any atom is 0.339 e. The van der Waals surface area contributed by atoms with E-state index in [4.69, 9.17) is 16.3 Å². The summed E-state index contributed by atoms with van der Waals surface area (Å²) in [5.41, 5.74) is 3.98. The Bertz CT molecular complexity index is 1080. The summed E-state index contributed by atoms with van der Waals surface area (Å²) in [4.78, 5) is 29.3. The minimum absolute atomic E-state index is 0.299. The third-order valence-corrected chi connectivity index (χ3v) is 5.22. The van der Waals surface area contributed by atoms with Crippen molar-refractivity contribution in [2.45, 2.75) is 19.3 Å². The molecule has 0 spiro atoms. The third-order valence-electron chi connectivity index (χ3n) is 4.79. The standard InChI is InChI=1S/C21H17ClN2O3/c1-27-21(26)15-5-2-3-7-17(15)24-20(25)12-9-10-14-18(11-12)23-16-8-4-6-13(16)19(14)22/h2-3,5,7,9-11H,4,6,8H2,1H3,(H,24,25). The van der Waals surface area contributed by atoms with Crippen molar-refractivity contribution in [1.29, 1.82) is 0 Å². The number of hydrogen-bond donors (Lipinski definition) is 1. The molecular weight excluding hydrogens is 364 g/mol. The number of carbonyl (C=O) groups is 2. The van der Waals surface area contributed by atoms with Gasteiger partial charge in [0.15, 0.2) is 0 Å². The maximum absolute atomic E-state index is 12.7. The van der Waals surface area contributed by atoms with E-state index in [1.807, 2.05) is 6.07 Å². The number of anilines is 1. The molecule has 136 valence electrons. The second kappa shape index (κ2) is 7.00. The van der Waals surface area contributed by atoms with E-state index in [-0.39, 0.29) is 5.91 Å². The molecule has 6 heteroatoms. The Labute approximate surface area is 161 Å². The summed E-state index contributed by atoms with van der Waals surface area (Å²) in [6.45, 7) is 0. The Balaban J connectivity index is 1.68. The first-order valence-corrected chi connectivity index (χ1v) is 9.06. The van der Waals surface area contributed by atoms with E-state index in [0.29, 0.717) is 22.3 Å². The van der Waals surface area contributed by atoms with Gasteiger partial charge in [0.1, 0.15) is 0 Å². The van der Waals surface area contributed by atoms with Gasteiger partial charge in [-0.25, -0.2) is 4.79 Å². The number of ether oxygens (including phenoxy) is 1. The summed E-state index contributed by atoms with van der Waals surface area (Å²) in [5.74, 6) is -0.833. The van der Waals surface area contributed by atoms with Gasteiger partial charge >= 0.3 is 5.97 Å². The Hall–Kier alpha value is -2.92. The molecule has 0 bridgehead atoms. The topological polar surface area (TPSA) is 68.3 Å². The van der Waals surface area contributed by atoms with Gasteiger partial charge in [0, 0.05) is 16.6 Å². The number of halogens is 1. The molecule has 0 radical (unpaired) electrons. The molecule has 1 aromatic heterocycles. The molecule has 0 fully saturated rings. The van der Waals surface area contributed by atoms with Gasteiger partial charge in [-0.15, -0.1) is 0 Å². The number of aromatic nitrogens is 1. The van der Waals surface area contributed by atoms with E-state index in [2.05, 4.69) is 10.3 Å². The molecule has 0 unspecified atom stereocenters. The van der Waals surface area contributed by atoms with Gasteiger partial charge in [-0.1, -0.05) is 29.8 Å². The largest absolute Gasteiger partial charge is 0.465 e. The fourth-order valence-corrected chi connectivity index (χ4v) is 3.78. The first kappa shape index (κ1) is 17.5. The molecule has 3 aromatic rings. The average Bonchev–Trinajstić information content (AvgIpc) is 3.16. The van der Waals surface area contributed by atoms with Crippen molar-refractivity contribution in [1.82, 2.24) is 4.98 Å². The van der Waals surface area contributed by atoms with E-state index >= 15 is 0 Å². The van der Waals surface area contributed by atoms with Crippen LogP contribution in [-0.4, -0.2) is 24.0 Å². The molecule has 4 rings (SSSR count). The van der Waals surface area contributed by atoms with Crippen LogP contribution in [0.4, 0.5) is 5.69 Å². The van der Waals surface area contributed by atoms with Crippen molar-refractivity contribution in [3.63, 3.8) is 0 Å². The van der Waals surface area contributed by atoms with Gasteiger partial charge in [-0.05, 0) is 49.1 Å². The number of carbonyl (C=O) groups excluding carboxylic acids is 2. The summed E-state index contributed by atoms with van der Waals surface area (Å²) in [5, 5.41) is 4.36. The monoisotopic (exact) mass is 380 g/mol. The Morgan fingerprint density at radius 2 is 1.96 bits per heavy atom. The van der Waals surface area contributed by atoms with Crippen molar-refractivity contribution in [3.05, 3.63) is 69.9 Å². The number of hydrogen-bond acceptors (Lipinski definition) is 4. The number of fused-ring (bicyclic) bond motifs is 2. The number of amides is 1. The van der Waals surface area contributed by atoms with Crippen molar-refractivity contribution >= 4 is 40.1 Å². The molecule has 0 saturated heterocycles. The molecule has 1 N–H and O–H groups in total. The summed E-state index contributed by atoms with van der Waals surface area (Å²) in [6.07, 6.45) is 2.91. The summed E-state index contributed by atoms with van der Waals surface area (Å²) < 4.78 is 4.76. The molecule has 0 atom stereocenters. The number of aryl methyl sites for hydroxylation is 1. The van der Waals surface area contributed by atoms with Crippen LogP contribution in [0.3, 0.4) is 0 Å². The molecule has 1 heterocycles. The number of methoxy groups -OCH3 is 1. The lowest BCUT2D eigenvalue weighted by Crippen LogP contribution is -2.15. The summed E-state index contributed by atoms with van der Waals surface area (Å²) in [7, 11) is 1.30. The van der Waals surface area contributed by atoms with Gasteiger partial charge in [0.05, 0.1) is 28.9 Å². The fourth-order valence-electron chi connectivity index (χ4n) is 3.42. The summed E-state index contributed by atoms with van der Waals surface area (Å²) >= 11 is 6.53. The van der Waals surface area contributed by atoms with E-state index in [1.165, 1.54) is 7.11 Å². The Kier molecular flexibility index (Phi) is 4.54. The lowest BCUT2D eigenvalue weighted by molar-refractivity contribution is 0.0602. The Morgan fingerprint density at radius 1 is 1.15 bits per heavy atom. The van der Waals surface area contributed by atoms with Crippen LogP contribution in [0.25, 0.3) is 10.9 Å². The zero-order valence-electron chi connectivity index (χ0n) is 14.7. The number of pyridine rings is 1. The van der Waals surface area contributed by atoms with Crippen LogP contribution in [0, 0.1) is 0 Å². The zero-order chi connectivity index (χ0) is 19.0. The third kappa shape index (κ3) is 3.15. The normalized spacial score (nSPS) is 12.7. The smallest absolute Gasteiger partial charge is 0.339 e. The van der Waals surface area contributed by atoms with Crippen LogP contribution in [0.15, 0.2) is 42.5 Å². The van der Waals surface area contributed by atoms with Crippen molar-refractivity contribution in [2.75, 3.05) is 12.4 Å². The number of nitrogens with one attached hydrogen (secondary N) is 1. The SMILES string of the molecule is COC(=O)c1ccccc1NC(=O)c1ccc2c(Cl)c3c(nc2c1)CCC3. The lowest BCUT2D eigenvalue weighted by atomic mass is 10.1. The minimum atomic E-state index is -0.506. The molecule has 5 nitrogen and oxygen atoms in total. The Morgan fingerprint density at radius 3 is 2.78 bits per heavy atom. The van der Waals surface area contributed by atoms with Crippen molar-refractivity contribution < 1.29 is 14.3 Å². The van der Waals surface area contributed by atoms with Gasteiger partial charge in [-0.2, -0.15) is 0 Å². The number of nitrogens with zero attached hydrogens (tertiary/aromatic N) is 1. The number of rotatable bonds is 3. The maximum atomic E-state index is 12.7. The van der Waals surface area contributed by atoms with Gasteiger partial charge in [-0.3, -0.25) is 9.78 Å². The molecule has 2 aromatic carbocycles. The number of esters is 1. The molecule has 27 heavy (non-hydrogen) atoms. The highest BCUT2D eigenvalue weighted by Crippen LogP contribution is 2.34. The van der Waals surface area contributed by atoms with Gasteiger partial charge < -0.3 is 10.1 Å². The molecule has 1 aliphatic rings. The van der Waals surface area contributed by atoms with Gasteiger partial charge in [0.2, 0.25) is 0 Å². The van der Waals surface area contributed by atoms with Crippen LogP contribution in [0.2, 0.25) is 5.02 Å². The highest BCUT2D eigenvalue weighted by Gasteiger charge is 2.20. The fraction of sp³-hybridized carbons (Fsp3) is 0.190. The second-order valence-corrected chi connectivity index (χ2v) is 6.81. The summed E-state index contributed by atoms with van der Waals surface area (Å²) in [6, 6.07) is 12.0. The highest BCUT2D eigenvalue weighted by atomic mass is 35.5. The van der Waals surface area contributed by atoms with E-state index in [0.717, 1.165) is 40.9 Å². The zero-order valence-corrected chi connectivity index (χ0v) is 15.5. The number of para-hydroxylation sites is 1. The molecular formula is C21H17ClN2O3. The van der Waals surface area contributed by atoms with E-state index in [1.54, 1.807) is 36.4 Å². The molecule has 1 aliphatic carbocycles. The van der Waals surface area contributed by atoms with Gasteiger partial charge in [0.25, 0.3) is 5.91 Å².